The number of rotatable bonds is 4. The zero-order valence-electron chi connectivity index (χ0n) is 9.23. The van der Waals surface area contributed by atoms with E-state index in [0.29, 0.717) is 0 Å². The van der Waals surface area contributed by atoms with E-state index in [1.165, 1.54) is 28.6 Å². The maximum absolute atomic E-state index is 4.24. The number of thioether (sulfide) groups is 1. The Labute approximate surface area is 94.7 Å². The fraction of sp³-hybridized carbons (Fsp3) is 0.417. The molecule has 0 aliphatic rings. The van der Waals surface area contributed by atoms with E-state index < -0.39 is 0 Å². The molecular formula is C12H16N2S. The fourth-order valence-electron chi connectivity index (χ4n) is 1.64. The highest BCUT2D eigenvalue weighted by Crippen LogP contribution is 2.19. The van der Waals surface area contributed by atoms with Crippen molar-refractivity contribution in [1.29, 1.82) is 0 Å². The number of hydrogen-bond donors (Lipinski definition) is 0. The Bertz CT molecular complexity index is 448. The number of aromatic nitrogens is 2. The minimum atomic E-state index is 1.11. The van der Waals surface area contributed by atoms with Gasteiger partial charge in [0.25, 0.3) is 0 Å². The first kappa shape index (κ1) is 10.6. The van der Waals surface area contributed by atoms with Crippen LogP contribution in [0.2, 0.25) is 0 Å². The first-order chi connectivity index (χ1) is 7.31. The maximum Gasteiger partial charge on any atom is 0.0679 e. The normalized spacial score (nSPS) is 11.1. The SMILES string of the molecule is CCCSCc1ccc2c(cnn2C)c1. The second-order valence-corrected chi connectivity index (χ2v) is 4.82. The highest BCUT2D eigenvalue weighted by atomic mass is 32.2. The Hall–Kier alpha value is -0.960. The molecule has 0 aliphatic carbocycles. The van der Waals surface area contributed by atoms with Gasteiger partial charge in [-0.05, 0) is 29.9 Å². The molecule has 1 heterocycles. The summed E-state index contributed by atoms with van der Waals surface area (Å²) in [6, 6.07) is 6.60. The minimum absolute atomic E-state index is 1.11. The molecule has 0 spiro atoms. The van der Waals surface area contributed by atoms with Gasteiger partial charge in [-0.1, -0.05) is 13.0 Å². The van der Waals surface area contributed by atoms with Crippen LogP contribution in [0, 0.1) is 0 Å². The van der Waals surface area contributed by atoms with E-state index in [2.05, 4.69) is 30.2 Å². The van der Waals surface area contributed by atoms with E-state index in [-0.39, 0.29) is 0 Å². The Morgan fingerprint density at radius 1 is 1.40 bits per heavy atom. The molecule has 0 fully saturated rings. The summed E-state index contributed by atoms with van der Waals surface area (Å²) in [6.45, 7) is 2.22. The molecule has 0 N–H and O–H groups in total. The summed E-state index contributed by atoms with van der Waals surface area (Å²) in [5, 5.41) is 5.49. The molecule has 1 aromatic carbocycles. The minimum Gasteiger partial charge on any atom is -0.268 e. The summed E-state index contributed by atoms with van der Waals surface area (Å²) in [5.74, 6) is 2.35. The van der Waals surface area contributed by atoms with Crippen LogP contribution in [0.1, 0.15) is 18.9 Å². The average Bonchev–Trinajstić information content (AvgIpc) is 2.61. The Kier molecular flexibility index (Phi) is 3.31. The fourth-order valence-corrected chi connectivity index (χ4v) is 2.49. The lowest BCUT2D eigenvalue weighted by Gasteiger charge is -2.01. The Morgan fingerprint density at radius 2 is 2.27 bits per heavy atom. The summed E-state index contributed by atoms with van der Waals surface area (Å²) in [4.78, 5) is 0. The second kappa shape index (κ2) is 4.71. The highest BCUT2D eigenvalue weighted by Gasteiger charge is 2.00. The van der Waals surface area contributed by atoms with E-state index >= 15 is 0 Å². The third kappa shape index (κ3) is 2.34. The van der Waals surface area contributed by atoms with Gasteiger partial charge in [0.15, 0.2) is 0 Å². The van der Waals surface area contributed by atoms with Crippen molar-refractivity contribution in [2.45, 2.75) is 19.1 Å². The zero-order chi connectivity index (χ0) is 10.7. The van der Waals surface area contributed by atoms with Crippen LogP contribution in [0.25, 0.3) is 10.9 Å². The highest BCUT2D eigenvalue weighted by molar-refractivity contribution is 7.98. The third-order valence-corrected chi connectivity index (χ3v) is 3.66. The van der Waals surface area contributed by atoms with Gasteiger partial charge in [-0.15, -0.1) is 0 Å². The Morgan fingerprint density at radius 3 is 3.07 bits per heavy atom. The topological polar surface area (TPSA) is 17.8 Å². The largest absolute Gasteiger partial charge is 0.268 e. The number of nitrogens with zero attached hydrogens (tertiary/aromatic N) is 2. The van der Waals surface area contributed by atoms with Gasteiger partial charge in [-0.25, -0.2) is 0 Å². The summed E-state index contributed by atoms with van der Waals surface area (Å²) >= 11 is 1.99. The van der Waals surface area contributed by atoms with Gasteiger partial charge in [0.05, 0.1) is 11.7 Å². The molecular weight excluding hydrogens is 204 g/mol. The van der Waals surface area contributed by atoms with Gasteiger partial charge < -0.3 is 0 Å². The Balaban J connectivity index is 2.16. The van der Waals surface area contributed by atoms with Gasteiger partial charge >= 0.3 is 0 Å². The van der Waals surface area contributed by atoms with Crippen molar-refractivity contribution < 1.29 is 0 Å². The van der Waals surface area contributed by atoms with Crippen molar-refractivity contribution in [3.8, 4) is 0 Å². The number of hydrogen-bond acceptors (Lipinski definition) is 2. The molecule has 2 nitrogen and oxygen atoms in total. The number of fused-ring (bicyclic) bond motifs is 1. The predicted molar refractivity (Wildman–Crippen MR) is 67.2 cm³/mol. The van der Waals surface area contributed by atoms with Gasteiger partial charge in [0.2, 0.25) is 0 Å². The number of benzene rings is 1. The van der Waals surface area contributed by atoms with Gasteiger partial charge in [-0.3, -0.25) is 4.68 Å². The lowest BCUT2D eigenvalue weighted by Crippen LogP contribution is -1.88. The molecule has 0 atom stereocenters. The van der Waals surface area contributed by atoms with E-state index in [1.807, 2.05) is 29.7 Å². The summed E-state index contributed by atoms with van der Waals surface area (Å²) in [6.07, 6.45) is 3.18. The molecule has 0 unspecified atom stereocenters. The smallest absolute Gasteiger partial charge is 0.0679 e. The quantitative estimate of drug-likeness (QED) is 0.736. The second-order valence-electron chi connectivity index (χ2n) is 3.71. The molecule has 0 amide bonds. The van der Waals surface area contributed by atoms with Crippen molar-refractivity contribution in [2.24, 2.45) is 7.05 Å². The van der Waals surface area contributed by atoms with Crippen LogP contribution >= 0.6 is 11.8 Å². The van der Waals surface area contributed by atoms with Gasteiger partial charge in [0, 0.05) is 18.2 Å². The molecule has 0 saturated carbocycles. The number of aryl methyl sites for hydroxylation is 1. The molecule has 15 heavy (non-hydrogen) atoms. The van der Waals surface area contributed by atoms with Crippen molar-refractivity contribution in [1.82, 2.24) is 9.78 Å². The first-order valence-electron chi connectivity index (χ1n) is 5.29. The van der Waals surface area contributed by atoms with Crippen molar-refractivity contribution >= 4 is 22.7 Å². The molecule has 80 valence electrons. The maximum atomic E-state index is 4.24. The van der Waals surface area contributed by atoms with Crippen LogP contribution in [0.4, 0.5) is 0 Å². The van der Waals surface area contributed by atoms with Crippen LogP contribution in [-0.4, -0.2) is 15.5 Å². The van der Waals surface area contributed by atoms with E-state index in [4.69, 9.17) is 0 Å². The van der Waals surface area contributed by atoms with E-state index in [0.717, 1.165) is 5.75 Å². The molecule has 0 radical (unpaired) electrons. The van der Waals surface area contributed by atoms with Crippen LogP contribution < -0.4 is 0 Å². The summed E-state index contributed by atoms with van der Waals surface area (Å²) in [7, 11) is 1.98. The van der Waals surface area contributed by atoms with Crippen LogP contribution in [0.3, 0.4) is 0 Å². The van der Waals surface area contributed by atoms with Gasteiger partial charge in [0.1, 0.15) is 0 Å². The van der Waals surface area contributed by atoms with Crippen molar-refractivity contribution in [3.05, 3.63) is 30.0 Å². The standard InChI is InChI=1S/C12H16N2S/c1-3-6-15-9-10-4-5-12-11(7-10)8-13-14(12)2/h4-5,7-8H,3,6,9H2,1-2H3. The molecule has 0 bridgehead atoms. The lowest BCUT2D eigenvalue weighted by atomic mass is 10.2. The van der Waals surface area contributed by atoms with Crippen LogP contribution in [-0.2, 0) is 12.8 Å². The third-order valence-electron chi connectivity index (χ3n) is 2.43. The lowest BCUT2D eigenvalue weighted by molar-refractivity contribution is 0.797. The van der Waals surface area contributed by atoms with Crippen molar-refractivity contribution in [2.75, 3.05) is 5.75 Å². The first-order valence-corrected chi connectivity index (χ1v) is 6.45. The zero-order valence-corrected chi connectivity index (χ0v) is 10.0. The molecule has 3 heteroatoms. The molecule has 0 aliphatic heterocycles. The predicted octanol–water partition coefficient (Wildman–Crippen LogP) is 3.22. The average molecular weight is 220 g/mol. The summed E-state index contributed by atoms with van der Waals surface area (Å²) in [5.41, 5.74) is 2.60. The molecule has 1 aromatic heterocycles. The van der Waals surface area contributed by atoms with Crippen LogP contribution in [0.15, 0.2) is 24.4 Å². The molecule has 2 aromatic rings. The summed E-state index contributed by atoms with van der Waals surface area (Å²) < 4.78 is 1.91. The van der Waals surface area contributed by atoms with E-state index in [1.54, 1.807) is 0 Å². The monoisotopic (exact) mass is 220 g/mol. The van der Waals surface area contributed by atoms with Crippen LogP contribution in [0.5, 0.6) is 0 Å². The van der Waals surface area contributed by atoms with Gasteiger partial charge in [-0.2, -0.15) is 16.9 Å². The van der Waals surface area contributed by atoms with E-state index in [9.17, 15) is 0 Å². The molecule has 0 saturated heterocycles. The van der Waals surface area contributed by atoms with Crippen molar-refractivity contribution in [3.63, 3.8) is 0 Å². The molecule has 2 rings (SSSR count).